The normalized spacial score (nSPS) is 16.8. The third-order valence-corrected chi connectivity index (χ3v) is 5.25. The summed E-state index contributed by atoms with van der Waals surface area (Å²) in [7, 11) is 1.66. The Morgan fingerprint density at radius 1 is 1.07 bits per heavy atom. The molecule has 1 aromatic heterocycles. The molecule has 0 bridgehead atoms. The number of methoxy groups -OCH3 is 1. The molecule has 2 aromatic carbocycles. The van der Waals surface area contributed by atoms with Gasteiger partial charge in [0.1, 0.15) is 5.75 Å². The average Bonchev–Trinajstić information content (AvgIpc) is 3.20. The topological polar surface area (TPSA) is 51.4 Å². The number of nitrogens with zero attached hydrogens (tertiary/aromatic N) is 3. The lowest BCUT2D eigenvalue weighted by Gasteiger charge is -2.34. The van der Waals surface area contributed by atoms with Gasteiger partial charge in [0.25, 0.3) is 5.89 Å². The van der Waals surface area contributed by atoms with E-state index in [0.29, 0.717) is 38.2 Å². The van der Waals surface area contributed by atoms with Gasteiger partial charge in [0, 0.05) is 38.9 Å². The van der Waals surface area contributed by atoms with Crippen LogP contribution in [-0.4, -0.2) is 35.2 Å². The summed E-state index contributed by atoms with van der Waals surface area (Å²) >= 11 is 0. The zero-order valence-electron chi connectivity index (χ0n) is 16.0. The predicted molar refractivity (Wildman–Crippen MR) is 104 cm³/mol. The second-order valence-corrected chi connectivity index (χ2v) is 7.27. The van der Waals surface area contributed by atoms with Crippen LogP contribution in [0.2, 0.25) is 0 Å². The molecule has 1 aliphatic heterocycles. The molecule has 0 amide bonds. The quantitative estimate of drug-likeness (QED) is 0.643. The minimum atomic E-state index is -1.55. The molecule has 0 atom stereocenters. The van der Waals surface area contributed by atoms with Crippen molar-refractivity contribution in [1.82, 2.24) is 15.0 Å². The van der Waals surface area contributed by atoms with Crippen LogP contribution in [-0.2, 0) is 18.6 Å². The summed E-state index contributed by atoms with van der Waals surface area (Å²) in [5.41, 5.74) is 0.691. The highest BCUT2D eigenvalue weighted by atomic mass is 19.1. The van der Waals surface area contributed by atoms with Gasteiger partial charge in [-0.2, -0.15) is 4.98 Å². The Hall–Kier alpha value is -2.73. The van der Waals surface area contributed by atoms with Crippen molar-refractivity contribution in [3.05, 3.63) is 77.4 Å². The van der Waals surface area contributed by atoms with Crippen LogP contribution in [0.25, 0.3) is 0 Å². The van der Waals surface area contributed by atoms with Crippen molar-refractivity contribution >= 4 is 0 Å². The summed E-state index contributed by atoms with van der Waals surface area (Å²) in [4.78, 5) is 6.59. The number of alkyl halides is 1. The van der Waals surface area contributed by atoms with E-state index < -0.39 is 5.67 Å². The first kappa shape index (κ1) is 18.6. The molecule has 5 nitrogen and oxygen atoms in total. The number of ether oxygens (including phenoxy) is 1. The first-order chi connectivity index (χ1) is 13.6. The molecule has 28 heavy (non-hydrogen) atoms. The summed E-state index contributed by atoms with van der Waals surface area (Å²) in [6.07, 6.45) is 1.25. The molecule has 0 unspecified atom stereocenters. The number of hydrogen-bond donors (Lipinski definition) is 0. The number of piperidine rings is 1. The van der Waals surface area contributed by atoms with E-state index in [1.165, 1.54) is 0 Å². The van der Waals surface area contributed by atoms with Crippen molar-refractivity contribution in [1.29, 1.82) is 0 Å². The zero-order chi connectivity index (χ0) is 19.4. The monoisotopic (exact) mass is 381 g/mol. The summed E-state index contributed by atoms with van der Waals surface area (Å²) in [5, 5.41) is 3.98. The Labute approximate surface area is 164 Å². The molecule has 1 fully saturated rings. The second kappa shape index (κ2) is 8.10. The van der Waals surface area contributed by atoms with Crippen molar-refractivity contribution in [2.45, 2.75) is 31.5 Å². The molecule has 146 valence electrons. The second-order valence-electron chi connectivity index (χ2n) is 7.27. The van der Waals surface area contributed by atoms with E-state index in [1.807, 2.05) is 48.5 Å². The molecule has 0 aliphatic carbocycles. The van der Waals surface area contributed by atoms with Gasteiger partial charge in [-0.05, 0) is 23.3 Å². The Kier molecular flexibility index (Phi) is 5.39. The van der Waals surface area contributed by atoms with E-state index in [9.17, 15) is 0 Å². The van der Waals surface area contributed by atoms with Gasteiger partial charge in [0.05, 0.1) is 7.11 Å². The zero-order valence-corrected chi connectivity index (χ0v) is 16.0. The van der Waals surface area contributed by atoms with E-state index in [2.05, 4.69) is 21.1 Å². The van der Waals surface area contributed by atoms with Crippen LogP contribution in [0.3, 0.4) is 0 Å². The molecule has 0 spiro atoms. The van der Waals surface area contributed by atoms with E-state index >= 15 is 4.39 Å². The smallest absolute Gasteiger partial charge is 0.264 e. The molecule has 6 heteroatoms. The minimum Gasteiger partial charge on any atom is -0.497 e. The Morgan fingerprint density at radius 2 is 1.82 bits per heavy atom. The lowest BCUT2D eigenvalue weighted by molar-refractivity contribution is 0.0249. The van der Waals surface area contributed by atoms with Crippen LogP contribution in [0.15, 0.2) is 59.1 Å². The minimum absolute atomic E-state index is 0.111. The Morgan fingerprint density at radius 3 is 2.57 bits per heavy atom. The number of halogens is 1. The number of aromatic nitrogens is 2. The van der Waals surface area contributed by atoms with Crippen molar-refractivity contribution < 1.29 is 13.7 Å². The lowest BCUT2D eigenvalue weighted by atomic mass is 9.93. The summed E-state index contributed by atoms with van der Waals surface area (Å²) in [6, 6.07) is 17.9. The van der Waals surface area contributed by atoms with E-state index in [0.717, 1.165) is 23.4 Å². The molecule has 2 heterocycles. The molecule has 0 radical (unpaired) electrons. The van der Waals surface area contributed by atoms with E-state index in [-0.39, 0.29) is 5.89 Å². The summed E-state index contributed by atoms with van der Waals surface area (Å²) in [5.74, 6) is 1.47. The fraction of sp³-hybridized carbons (Fsp3) is 0.364. The Balaban J connectivity index is 1.37. The number of rotatable bonds is 6. The molecule has 0 saturated carbocycles. The van der Waals surface area contributed by atoms with Crippen LogP contribution in [0.1, 0.15) is 35.7 Å². The highest BCUT2D eigenvalue weighted by Gasteiger charge is 2.41. The van der Waals surface area contributed by atoms with Crippen LogP contribution in [0.4, 0.5) is 4.39 Å². The maximum Gasteiger partial charge on any atom is 0.264 e. The SMILES string of the molecule is COc1cccc(CN2CCC(F)(c3nc(Cc4ccccc4)no3)CC2)c1. The summed E-state index contributed by atoms with van der Waals surface area (Å²) < 4.78 is 26.0. The molecule has 3 aromatic rings. The Bertz CT molecular complexity index is 905. The molecule has 0 N–H and O–H groups in total. The van der Waals surface area contributed by atoms with Gasteiger partial charge in [0.15, 0.2) is 11.5 Å². The predicted octanol–water partition coefficient (Wildman–Crippen LogP) is 4.13. The molecule has 1 saturated heterocycles. The first-order valence-corrected chi connectivity index (χ1v) is 9.56. The number of likely N-dealkylation sites (tertiary alicyclic amines) is 1. The van der Waals surface area contributed by atoms with Gasteiger partial charge in [-0.25, -0.2) is 4.39 Å². The van der Waals surface area contributed by atoms with Crippen molar-refractivity contribution in [2.24, 2.45) is 0 Å². The largest absolute Gasteiger partial charge is 0.497 e. The van der Waals surface area contributed by atoms with Crippen molar-refractivity contribution in [2.75, 3.05) is 20.2 Å². The van der Waals surface area contributed by atoms with Crippen LogP contribution in [0.5, 0.6) is 5.75 Å². The molecule has 1 aliphatic rings. The highest BCUT2D eigenvalue weighted by Crippen LogP contribution is 2.36. The van der Waals surface area contributed by atoms with Gasteiger partial charge in [-0.3, -0.25) is 4.90 Å². The molecule has 4 rings (SSSR count). The third kappa shape index (κ3) is 4.22. The van der Waals surface area contributed by atoms with Gasteiger partial charge in [-0.15, -0.1) is 0 Å². The lowest BCUT2D eigenvalue weighted by Crippen LogP contribution is -2.40. The van der Waals surface area contributed by atoms with Gasteiger partial charge < -0.3 is 9.26 Å². The molecular weight excluding hydrogens is 357 g/mol. The maximum atomic E-state index is 15.4. The van der Waals surface area contributed by atoms with E-state index in [4.69, 9.17) is 9.26 Å². The van der Waals surface area contributed by atoms with Crippen LogP contribution < -0.4 is 4.74 Å². The maximum absolute atomic E-state index is 15.4. The van der Waals surface area contributed by atoms with Gasteiger partial charge >= 0.3 is 0 Å². The fourth-order valence-corrected chi connectivity index (χ4v) is 3.59. The average molecular weight is 381 g/mol. The van der Waals surface area contributed by atoms with Gasteiger partial charge in [0.2, 0.25) is 0 Å². The standard InChI is InChI=1S/C22H24FN3O2/c1-27-19-9-5-8-18(14-19)16-26-12-10-22(23,11-13-26)21-24-20(25-28-21)15-17-6-3-2-4-7-17/h2-9,14H,10-13,15-16H2,1H3. The van der Waals surface area contributed by atoms with Crippen molar-refractivity contribution in [3.8, 4) is 5.75 Å². The van der Waals surface area contributed by atoms with Crippen molar-refractivity contribution in [3.63, 3.8) is 0 Å². The van der Waals surface area contributed by atoms with Gasteiger partial charge in [-0.1, -0.05) is 47.6 Å². The van der Waals surface area contributed by atoms with Crippen LogP contribution in [0, 0.1) is 0 Å². The number of benzene rings is 2. The fourth-order valence-electron chi connectivity index (χ4n) is 3.59. The van der Waals surface area contributed by atoms with E-state index in [1.54, 1.807) is 7.11 Å². The molecular formula is C22H24FN3O2. The summed E-state index contributed by atoms with van der Waals surface area (Å²) in [6.45, 7) is 2.06. The van der Waals surface area contributed by atoms with Crippen LogP contribution >= 0.6 is 0 Å². The number of hydrogen-bond acceptors (Lipinski definition) is 5. The first-order valence-electron chi connectivity index (χ1n) is 9.56. The third-order valence-electron chi connectivity index (χ3n) is 5.25. The highest BCUT2D eigenvalue weighted by molar-refractivity contribution is 5.28.